The van der Waals surface area contributed by atoms with Crippen LogP contribution < -0.4 is 14.8 Å². The van der Waals surface area contributed by atoms with Crippen LogP contribution in [-0.2, 0) is 0 Å². The van der Waals surface area contributed by atoms with Gasteiger partial charge in [0.1, 0.15) is 29.5 Å². The molecule has 0 saturated heterocycles. The number of anilines is 2. The molecule has 0 aliphatic heterocycles. The van der Waals surface area contributed by atoms with E-state index < -0.39 is 4.92 Å². The fraction of sp³-hybridized carbons (Fsp3) is 0.0476. The highest BCUT2D eigenvalue weighted by molar-refractivity contribution is 5.93. The minimum absolute atomic E-state index is 0.124. The van der Waals surface area contributed by atoms with Gasteiger partial charge in [0.2, 0.25) is 0 Å². The van der Waals surface area contributed by atoms with Crippen LogP contribution in [0.3, 0.4) is 0 Å². The largest absolute Gasteiger partial charge is 0.490 e. The topological polar surface area (TPSA) is 99.4 Å². The first kappa shape index (κ1) is 19.1. The van der Waals surface area contributed by atoms with Crippen LogP contribution in [0.15, 0.2) is 67.0 Å². The third kappa shape index (κ3) is 3.95. The first-order chi connectivity index (χ1) is 14.5. The number of methoxy groups -OCH3 is 1. The number of nitro groups is 1. The van der Waals surface area contributed by atoms with Gasteiger partial charge in [-0.2, -0.15) is 0 Å². The van der Waals surface area contributed by atoms with Crippen LogP contribution >= 0.6 is 0 Å². The standard InChI is InChI=1S/C21H15FN4O4/c1-29-20-11-18-17(10-19(20)26(27)28)21(24-12-23-18)25-14-4-8-16(9-5-14)30-15-6-2-13(22)3-7-15/h2-12H,1H3,(H,23,24,25). The van der Waals surface area contributed by atoms with E-state index in [9.17, 15) is 14.5 Å². The maximum absolute atomic E-state index is 13.0. The molecule has 1 heterocycles. The van der Waals surface area contributed by atoms with Gasteiger partial charge >= 0.3 is 5.69 Å². The number of nitrogens with zero attached hydrogens (tertiary/aromatic N) is 3. The number of halogens is 1. The second-order valence-electron chi connectivity index (χ2n) is 6.23. The van der Waals surface area contributed by atoms with Crippen LogP contribution in [0.4, 0.5) is 21.6 Å². The third-order valence-corrected chi connectivity index (χ3v) is 4.30. The zero-order valence-corrected chi connectivity index (χ0v) is 15.7. The van der Waals surface area contributed by atoms with Crippen LogP contribution in [0.2, 0.25) is 0 Å². The molecule has 0 aliphatic rings. The number of nitrogens with one attached hydrogen (secondary N) is 1. The Kier molecular flexibility index (Phi) is 5.08. The molecule has 0 unspecified atom stereocenters. The van der Waals surface area contributed by atoms with E-state index in [1.165, 1.54) is 49.8 Å². The smallest absolute Gasteiger partial charge is 0.311 e. The van der Waals surface area contributed by atoms with Gasteiger partial charge in [0, 0.05) is 17.8 Å². The lowest BCUT2D eigenvalue weighted by atomic mass is 10.2. The zero-order chi connectivity index (χ0) is 21.1. The molecule has 0 amide bonds. The first-order valence-corrected chi connectivity index (χ1v) is 8.81. The quantitative estimate of drug-likeness (QED) is 0.346. The van der Waals surface area contributed by atoms with Gasteiger partial charge in [-0.05, 0) is 48.5 Å². The predicted molar refractivity (Wildman–Crippen MR) is 109 cm³/mol. The van der Waals surface area contributed by atoms with Gasteiger partial charge in [0.15, 0.2) is 5.75 Å². The Morgan fingerprint density at radius 1 is 1.00 bits per heavy atom. The second kappa shape index (κ2) is 8.00. The average Bonchev–Trinajstić information content (AvgIpc) is 2.76. The molecule has 30 heavy (non-hydrogen) atoms. The van der Waals surface area contributed by atoms with Gasteiger partial charge in [0.25, 0.3) is 0 Å². The summed E-state index contributed by atoms with van der Waals surface area (Å²) in [7, 11) is 1.37. The van der Waals surface area contributed by atoms with Crippen molar-refractivity contribution in [3.63, 3.8) is 0 Å². The maximum atomic E-state index is 13.0. The molecule has 1 N–H and O–H groups in total. The molecule has 3 aromatic carbocycles. The number of ether oxygens (including phenoxy) is 2. The van der Waals surface area contributed by atoms with Crippen molar-refractivity contribution in [2.24, 2.45) is 0 Å². The minimum Gasteiger partial charge on any atom is -0.490 e. The van der Waals surface area contributed by atoms with Crippen LogP contribution in [0, 0.1) is 15.9 Å². The molecule has 0 radical (unpaired) electrons. The molecule has 0 aliphatic carbocycles. The molecule has 1 aromatic heterocycles. The number of rotatable bonds is 6. The van der Waals surface area contributed by atoms with Crippen LogP contribution in [-0.4, -0.2) is 22.0 Å². The highest BCUT2D eigenvalue weighted by Crippen LogP contribution is 2.34. The molecule has 0 atom stereocenters. The van der Waals surface area contributed by atoms with Gasteiger partial charge < -0.3 is 14.8 Å². The van der Waals surface area contributed by atoms with Crippen molar-refractivity contribution in [2.75, 3.05) is 12.4 Å². The van der Waals surface area contributed by atoms with Crippen LogP contribution in [0.5, 0.6) is 17.2 Å². The SMILES string of the molecule is COc1cc2ncnc(Nc3ccc(Oc4ccc(F)cc4)cc3)c2cc1[N+](=O)[O-]. The lowest BCUT2D eigenvalue weighted by Crippen LogP contribution is -1.99. The van der Waals surface area contributed by atoms with E-state index in [1.807, 2.05) is 0 Å². The van der Waals surface area contributed by atoms with Gasteiger partial charge in [-0.3, -0.25) is 10.1 Å². The number of hydrogen-bond donors (Lipinski definition) is 1. The summed E-state index contributed by atoms with van der Waals surface area (Å²) in [5, 5.41) is 14.9. The fourth-order valence-electron chi connectivity index (χ4n) is 2.86. The number of fused-ring (bicyclic) bond motifs is 1. The van der Waals surface area contributed by atoms with Gasteiger partial charge in [-0.1, -0.05) is 0 Å². The van der Waals surface area contributed by atoms with E-state index in [-0.39, 0.29) is 17.3 Å². The molecular formula is C21H15FN4O4. The Bertz CT molecular complexity index is 1210. The van der Waals surface area contributed by atoms with Crippen molar-refractivity contribution in [1.82, 2.24) is 9.97 Å². The Morgan fingerprint density at radius 3 is 2.30 bits per heavy atom. The molecule has 150 valence electrons. The molecule has 8 nitrogen and oxygen atoms in total. The molecule has 9 heteroatoms. The van der Waals surface area contributed by atoms with Gasteiger partial charge in [0.05, 0.1) is 22.9 Å². The number of aromatic nitrogens is 2. The molecule has 0 fully saturated rings. The summed E-state index contributed by atoms with van der Waals surface area (Å²) in [5.41, 5.74) is 1.03. The second-order valence-corrected chi connectivity index (χ2v) is 6.23. The summed E-state index contributed by atoms with van der Waals surface area (Å²) in [4.78, 5) is 19.2. The zero-order valence-electron chi connectivity index (χ0n) is 15.7. The monoisotopic (exact) mass is 406 g/mol. The van der Waals surface area contributed by atoms with Gasteiger partial charge in [-0.25, -0.2) is 14.4 Å². The van der Waals surface area contributed by atoms with Crippen molar-refractivity contribution in [1.29, 1.82) is 0 Å². The van der Waals surface area contributed by atoms with Crippen molar-refractivity contribution >= 4 is 28.1 Å². The van der Waals surface area contributed by atoms with Crippen molar-refractivity contribution < 1.29 is 18.8 Å². The fourth-order valence-corrected chi connectivity index (χ4v) is 2.86. The summed E-state index contributed by atoms with van der Waals surface area (Å²) >= 11 is 0. The first-order valence-electron chi connectivity index (χ1n) is 8.81. The lowest BCUT2D eigenvalue weighted by molar-refractivity contribution is -0.385. The molecule has 4 rings (SSSR count). The molecule has 0 saturated carbocycles. The summed E-state index contributed by atoms with van der Waals surface area (Å²) in [6.07, 6.45) is 1.36. The summed E-state index contributed by atoms with van der Waals surface area (Å²) in [5.74, 6) is 1.29. The van der Waals surface area contributed by atoms with E-state index in [2.05, 4.69) is 15.3 Å². The molecule has 4 aromatic rings. The van der Waals surface area contributed by atoms with E-state index in [0.29, 0.717) is 33.9 Å². The van der Waals surface area contributed by atoms with E-state index in [4.69, 9.17) is 9.47 Å². The van der Waals surface area contributed by atoms with E-state index in [0.717, 1.165) is 0 Å². The Morgan fingerprint density at radius 2 is 1.67 bits per heavy atom. The summed E-state index contributed by atoms with van der Waals surface area (Å²) in [6.45, 7) is 0. The average molecular weight is 406 g/mol. The predicted octanol–water partition coefficient (Wildman–Crippen LogP) is 5.22. The number of benzene rings is 3. The maximum Gasteiger partial charge on any atom is 0.311 e. The van der Waals surface area contributed by atoms with E-state index in [1.54, 1.807) is 24.3 Å². The minimum atomic E-state index is -0.517. The van der Waals surface area contributed by atoms with Crippen LogP contribution in [0.25, 0.3) is 10.9 Å². The van der Waals surface area contributed by atoms with Gasteiger partial charge in [-0.15, -0.1) is 0 Å². The Labute approximate surface area is 170 Å². The van der Waals surface area contributed by atoms with Crippen molar-refractivity contribution in [2.45, 2.75) is 0 Å². The van der Waals surface area contributed by atoms with Crippen molar-refractivity contribution in [3.05, 3.63) is 82.9 Å². The summed E-state index contributed by atoms with van der Waals surface area (Å²) in [6, 6.07) is 15.6. The van der Waals surface area contributed by atoms with E-state index >= 15 is 0 Å². The highest BCUT2D eigenvalue weighted by Gasteiger charge is 2.18. The molecule has 0 spiro atoms. The molecule has 0 bridgehead atoms. The Balaban J connectivity index is 1.60. The number of hydrogen-bond acceptors (Lipinski definition) is 7. The summed E-state index contributed by atoms with van der Waals surface area (Å²) < 4.78 is 23.7. The number of nitro benzene ring substituents is 1. The third-order valence-electron chi connectivity index (χ3n) is 4.30. The normalized spacial score (nSPS) is 10.6. The van der Waals surface area contributed by atoms with Crippen LogP contribution in [0.1, 0.15) is 0 Å². The highest BCUT2D eigenvalue weighted by atomic mass is 19.1. The molecular weight excluding hydrogens is 391 g/mol. The lowest BCUT2D eigenvalue weighted by Gasteiger charge is -2.11. The Hall–Kier alpha value is -4.27. The van der Waals surface area contributed by atoms with Crippen molar-refractivity contribution in [3.8, 4) is 17.2 Å².